The number of ether oxygens (including phenoxy) is 1. The molecule has 0 bridgehead atoms. The van der Waals surface area contributed by atoms with Gasteiger partial charge in [-0.1, -0.05) is 49.4 Å². The molecule has 1 aliphatic rings. The van der Waals surface area contributed by atoms with Gasteiger partial charge in [0.2, 0.25) is 0 Å². The summed E-state index contributed by atoms with van der Waals surface area (Å²) < 4.78 is 5.76. The number of rotatable bonds is 7. The van der Waals surface area contributed by atoms with Crippen LogP contribution in [0.5, 0.6) is 5.75 Å². The lowest BCUT2D eigenvalue weighted by Crippen LogP contribution is -2.49. The molecule has 1 aliphatic heterocycles. The fourth-order valence-corrected chi connectivity index (χ4v) is 3.21. The van der Waals surface area contributed by atoms with Crippen molar-refractivity contribution in [3.05, 3.63) is 54.6 Å². The van der Waals surface area contributed by atoms with E-state index < -0.39 is 6.10 Å². The summed E-state index contributed by atoms with van der Waals surface area (Å²) in [6, 6.07) is 18.3. The number of benzene rings is 2. The van der Waals surface area contributed by atoms with E-state index in [0.29, 0.717) is 13.2 Å². The lowest BCUT2D eigenvalue weighted by molar-refractivity contribution is 0.0471. The summed E-state index contributed by atoms with van der Waals surface area (Å²) in [6.07, 6.45) is -0.457. The Kier molecular flexibility index (Phi) is 6.45. The largest absolute Gasteiger partial charge is 0.491 e. The van der Waals surface area contributed by atoms with E-state index in [4.69, 9.17) is 4.74 Å². The predicted molar refractivity (Wildman–Crippen MR) is 102 cm³/mol. The second kappa shape index (κ2) is 8.99. The first-order valence-electron chi connectivity index (χ1n) is 9.15. The number of aliphatic hydroxyl groups is 1. The van der Waals surface area contributed by atoms with Crippen molar-refractivity contribution in [1.29, 1.82) is 0 Å². The van der Waals surface area contributed by atoms with E-state index in [9.17, 15) is 5.11 Å². The van der Waals surface area contributed by atoms with Gasteiger partial charge in [0, 0.05) is 32.7 Å². The second-order valence-corrected chi connectivity index (χ2v) is 6.59. The monoisotopic (exact) mass is 340 g/mol. The van der Waals surface area contributed by atoms with Crippen LogP contribution in [0.25, 0.3) is 11.1 Å². The Labute approximate surface area is 150 Å². The highest BCUT2D eigenvalue weighted by atomic mass is 16.5. The number of nitrogens with zero attached hydrogens (tertiary/aromatic N) is 2. The van der Waals surface area contributed by atoms with Gasteiger partial charge < -0.3 is 14.7 Å². The van der Waals surface area contributed by atoms with E-state index in [-0.39, 0.29) is 0 Å². The third kappa shape index (κ3) is 5.30. The van der Waals surface area contributed by atoms with E-state index in [0.717, 1.165) is 38.5 Å². The first-order chi connectivity index (χ1) is 12.2. The Morgan fingerprint density at radius 2 is 1.48 bits per heavy atom. The van der Waals surface area contributed by atoms with Gasteiger partial charge in [-0.15, -0.1) is 0 Å². The topological polar surface area (TPSA) is 35.9 Å². The summed E-state index contributed by atoms with van der Waals surface area (Å²) in [6.45, 7) is 8.54. The van der Waals surface area contributed by atoms with Gasteiger partial charge in [-0.25, -0.2) is 0 Å². The van der Waals surface area contributed by atoms with Crippen molar-refractivity contribution in [3.8, 4) is 16.9 Å². The molecular weight excluding hydrogens is 312 g/mol. The smallest absolute Gasteiger partial charge is 0.119 e. The van der Waals surface area contributed by atoms with E-state index in [1.54, 1.807) is 0 Å². The number of piperazine rings is 1. The summed E-state index contributed by atoms with van der Waals surface area (Å²) in [7, 11) is 0. The molecule has 1 fully saturated rings. The van der Waals surface area contributed by atoms with E-state index >= 15 is 0 Å². The first kappa shape index (κ1) is 17.9. The molecule has 0 spiro atoms. The molecule has 1 heterocycles. The number of hydrogen-bond acceptors (Lipinski definition) is 4. The number of β-amino-alcohol motifs (C(OH)–C–C–N with tert-alkyl or cyclic N) is 1. The summed E-state index contributed by atoms with van der Waals surface area (Å²) >= 11 is 0. The van der Waals surface area contributed by atoms with Crippen LogP contribution in [0.15, 0.2) is 54.6 Å². The predicted octanol–water partition coefficient (Wildman–Crippen LogP) is 2.73. The van der Waals surface area contributed by atoms with Gasteiger partial charge in [0.15, 0.2) is 0 Å². The van der Waals surface area contributed by atoms with Crippen molar-refractivity contribution in [2.45, 2.75) is 13.0 Å². The first-order valence-corrected chi connectivity index (χ1v) is 9.15. The lowest BCUT2D eigenvalue weighted by atomic mass is 10.1. The van der Waals surface area contributed by atoms with Crippen LogP contribution in [0, 0.1) is 0 Å². The maximum Gasteiger partial charge on any atom is 0.119 e. The molecule has 0 amide bonds. The third-order valence-corrected chi connectivity index (χ3v) is 4.78. The Bertz CT molecular complexity index is 622. The maximum atomic E-state index is 10.2. The molecular formula is C21H28N2O2. The van der Waals surface area contributed by atoms with Gasteiger partial charge in [-0.2, -0.15) is 0 Å². The quantitative estimate of drug-likeness (QED) is 0.841. The third-order valence-electron chi connectivity index (χ3n) is 4.78. The minimum absolute atomic E-state index is 0.332. The van der Waals surface area contributed by atoms with Crippen LogP contribution in [-0.4, -0.2) is 66.9 Å². The average molecular weight is 340 g/mol. The van der Waals surface area contributed by atoms with Crippen molar-refractivity contribution in [1.82, 2.24) is 9.80 Å². The summed E-state index contributed by atoms with van der Waals surface area (Å²) in [5.74, 6) is 0.800. The maximum absolute atomic E-state index is 10.2. The molecule has 0 saturated carbocycles. The molecule has 0 aromatic heterocycles. The minimum atomic E-state index is -0.457. The van der Waals surface area contributed by atoms with Crippen LogP contribution < -0.4 is 4.74 Å². The molecule has 2 aromatic carbocycles. The molecule has 3 rings (SSSR count). The number of aliphatic hydroxyl groups excluding tert-OH is 1. The highest BCUT2D eigenvalue weighted by Gasteiger charge is 2.18. The van der Waals surface area contributed by atoms with Crippen molar-refractivity contribution in [3.63, 3.8) is 0 Å². The zero-order chi connectivity index (χ0) is 17.5. The molecule has 4 nitrogen and oxygen atoms in total. The standard InChI is InChI=1S/C21H28N2O2/c1-2-22-12-14-23(15-13-22)16-20(24)17-25-21-10-8-19(9-11-21)18-6-4-3-5-7-18/h3-11,20,24H,2,12-17H2,1H3. The Morgan fingerprint density at radius 1 is 0.880 bits per heavy atom. The molecule has 1 N–H and O–H groups in total. The molecule has 25 heavy (non-hydrogen) atoms. The lowest BCUT2D eigenvalue weighted by Gasteiger charge is -2.34. The van der Waals surface area contributed by atoms with Crippen LogP contribution in [0.4, 0.5) is 0 Å². The van der Waals surface area contributed by atoms with E-state index in [1.807, 2.05) is 30.3 Å². The SMILES string of the molecule is CCN1CCN(CC(O)COc2ccc(-c3ccccc3)cc2)CC1. The van der Waals surface area contributed by atoms with Crippen LogP contribution >= 0.6 is 0 Å². The van der Waals surface area contributed by atoms with Crippen molar-refractivity contribution < 1.29 is 9.84 Å². The van der Waals surface area contributed by atoms with Gasteiger partial charge in [-0.3, -0.25) is 4.90 Å². The fourth-order valence-electron chi connectivity index (χ4n) is 3.21. The second-order valence-electron chi connectivity index (χ2n) is 6.59. The number of hydrogen-bond donors (Lipinski definition) is 1. The van der Waals surface area contributed by atoms with Gasteiger partial charge in [-0.05, 0) is 29.8 Å². The van der Waals surface area contributed by atoms with Crippen LogP contribution in [0.2, 0.25) is 0 Å². The summed E-state index contributed by atoms with van der Waals surface area (Å²) in [5, 5.41) is 10.2. The van der Waals surface area contributed by atoms with Crippen molar-refractivity contribution in [2.24, 2.45) is 0 Å². The highest BCUT2D eigenvalue weighted by Crippen LogP contribution is 2.22. The average Bonchev–Trinajstić information content (AvgIpc) is 2.68. The van der Waals surface area contributed by atoms with Gasteiger partial charge in [0.25, 0.3) is 0 Å². The van der Waals surface area contributed by atoms with E-state index in [1.165, 1.54) is 11.1 Å². The molecule has 2 aromatic rings. The van der Waals surface area contributed by atoms with E-state index in [2.05, 4.69) is 41.0 Å². The fraction of sp³-hybridized carbons (Fsp3) is 0.429. The Hall–Kier alpha value is -1.88. The number of likely N-dealkylation sites (N-methyl/N-ethyl adjacent to an activating group) is 1. The van der Waals surface area contributed by atoms with Crippen molar-refractivity contribution >= 4 is 0 Å². The molecule has 1 atom stereocenters. The van der Waals surface area contributed by atoms with Gasteiger partial charge in [0.05, 0.1) is 0 Å². The molecule has 1 saturated heterocycles. The zero-order valence-electron chi connectivity index (χ0n) is 15.0. The van der Waals surface area contributed by atoms with Crippen LogP contribution in [0.1, 0.15) is 6.92 Å². The molecule has 134 valence electrons. The minimum Gasteiger partial charge on any atom is -0.491 e. The Balaban J connectivity index is 1.44. The summed E-state index contributed by atoms with van der Waals surface area (Å²) in [4.78, 5) is 4.76. The zero-order valence-corrected chi connectivity index (χ0v) is 15.0. The van der Waals surface area contributed by atoms with Crippen LogP contribution in [-0.2, 0) is 0 Å². The normalized spacial score (nSPS) is 17.4. The van der Waals surface area contributed by atoms with Gasteiger partial charge >= 0.3 is 0 Å². The van der Waals surface area contributed by atoms with Gasteiger partial charge in [0.1, 0.15) is 18.5 Å². The molecule has 0 aliphatic carbocycles. The molecule has 0 radical (unpaired) electrons. The summed E-state index contributed by atoms with van der Waals surface area (Å²) in [5.41, 5.74) is 2.36. The molecule has 1 unspecified atom stereocenters. The van der Waals surface area contributed by atoms with Crippen molar-refractivity contribution in [2.75, 3.05) is 45.9 Å². The molecule has 4 heteroatoms. The Morgan fingerprint density at radius 3 is 2.12 bits per heavy atom. The highest BCUT2D eigenvalue weighted by molar-refractivity contribution is 5.63. The van der Waals surface area contributed by atoms with Crippen LogP contribution in [0.3, 0.4) is 0 Å².